The van der Waals surface area contributed by atoms with E-state index >= 15 is 0 Å². The van der Waals surface area contributed by atoms with Crippen LogP contribution in [-0.4, -0.2) is 37.2 Å². The second-order valence-corrected chi connectivity index (χ2v) is 8.06. The lowest BCUT2D eigenvalue weighted by molar-refractivity contribution is -0.115. The maximum absolute atomic E-state index is 12.3. The smallest absolute Gasteiger partial charge is 0.337 e. The zero-order chi connectivity index (χ0) is 25.5. The molecule has 2 aromatic carbocycles. The van der Waals surface area contributed by atoms with Crippen molar-refractivity contribution in [3.63, 3.8) is 0 Å². The molecule has 180 valence electrons. The van der Waals surface area contributed by atoms with Crippen LogP contribution < -0.4 is 10.6 Å². The van der Waals surface area contributed by atoms with E-state index in [0.717, 1.165) is 0 Å². The third-order valence-corrected chi connectivity index (χ3v) is 5.54. The standard InChI is InChI=1S/C24H18Cl2N2O6S/c1-32-22(30)13-10-14(23(31)33-2)12-15(11-13)27-24(35)28-20(29)9-7-16-6-8-19(34-16)17-4-3-5-18(25)21(17)26/h3-12H,1-2H3,(H2,27,28,29,35). The number of ether oxygens (including phenoxy) is 2. The molecule has 0 aliphatic heterocycles. The van der Waals surface area contributed by atoms with Gasteiger partial charge >= 0.3 is 11.9 Å². The highest BCUT2D eigenvalue weighted by Gasteiger charge is 2.15. The van der Waals surface area contributed by atoms with E-state index in [9.17, 15) is 14.4 Å². The molecule has 2 N–H and O–H groups in total. The zero-order valence-corrected chi connectivity index (χ0v) is 20.7. The Morgan fingerprint density at radius 1 is 0.971 bits per heavy atom. The van der Waals surface area contributed by atoms with Gasteiger partial charge in [0.25, 0.3) is 0 Å². The summed E-state index contributed by atoms with van der Waals surface area (Å²) in [6.45, 7) is 0. The average molecular weight is 533 g/mol. The number of hydrogen-bond donors (Lipinski definition) is 2. The Labute approximate surface area is 215 Å². The monoisotopic (exact) mass is 532 g/mol. The molecule has 1 amide bonds. The van der Waals surface area contributed by atoms with Gasteiger partial charge in [0.05, 0.1) is 35.4 Å². The number of carbonyl (C=O) groups is 3. The number of anilines is 1. The highest BCUT2D eigenvalue weighted by atomic mass is 35.5. The van der Waals surface area contributed by atoms with Gasteiger partial charge in [0.1, 0.15) is 11.5 Å². The summed E-state index contributed by atoms with van der Waals surface area (Å²) < 4.78 is 15.1. The summed E-state index contributed by atoms with van der Waals surface area (Å²) in [6, 6.07) is 12.7. The number of rotatable bonds is 6. The third kappa shape index (κ3) is 6.69. The number of carbonyl (C=O) groups excluding carboxylic acids is 3. The third-order valence-electron chi connectivity index (χ3n) is 4.51. The van der Waals surface area contributed by atoms with Gasteiger partial charge in [-0.25, -0.2) is 9.59 Å². The Balaban J connectivity index is 1.67. The molecule has 3 aromatic rings. The number of esters is 2. The van der Waals surface area contributed by atoms with Crippen molar-refractivity contribution in [1.29, 1.82) is 0 Å². The van der Waals surface area contributed by atoms with E-state index < -0.39 is 17.8 Å². The molecule has 11 heteroatoms. The highest BCUT2D eigenvalue weighted by Crippen LogP contribution is 2.34. The van der Waals surface area contributed by atoms with Crippen LogP contribution in [0.1, 0.15) is 26.5 Å². The normalized spacial score (nSPS) is 10.6. The number of benzene rings is 2. The quantitative estimate of drug-likeness (QED) is 0.248. The van der Waals surface area contributed by atoms with E-state index in [0.29, 0.717) is 27.1 Å². The highest BCUT2D eigenvalue weighted by molar-refractivity contribution is 7.80. The number of thiocarbonyl (C=S) groups is 1. The fourth-order valence-corrected chi connectivity index (χ4v) is 3.54. The van der Waals surface area contributed by atoms with Gasteiger partial charge in [-0.3, -0.25) is 10.1 Å². The zero-order valence-electron chi connectivity index (χ0n) is 18.4. The Hall–Kier alpha value is -3.66. The summed E-state index contributed by atoms with van der Waals surface area (Å²) in [5, 5.41) is 5.90. The SMILES string of the molecule is COC(=O)c1cc(NC(=S)NC(=O)C=Cc2ccc(-c3cccc(Cl)c3Cl)o2)cc(C(=O)OC)c1. The average Bonchev–Trinajstić information content (AvgIpc) is 3.31. The van der Waals surface area contributed by atoms with Gasteiger partial charge in [-0.05, 0) is 60.8 Å². The second kappa shape index (κ2) is 11.7. The molecule has 0 atom stereocenters. The summed E-state index contributed by atoms with van der Waals surface area (Å²) in [5.74, 6) is -0.971. The first-order valence-electron chi connectivity index (χ1n) is 9.87. The summed E-state index contributed by atoms with van der Waals surface area (Å²) in [4.78, 5) is 36.1. The first-order valence-corrected chi connectivity index (χ1v) is 11.0. The van der Waals surface area contributed by atoms with Crippen molar-refractivity contribution in [2.45, 2.75) is 0 Å². The van der Waals surface area contributed by atoms with Crippen molar-refractivity contribution < 1.29 is 28.3 Å². The second-order valence-electron chi connectivity index (χ2n) is 6.86. The molecule has 0 saturated carbocycles. The predicted molar refractivity (Wildman–Crippen MR) is 137 cm³/mol. The van der Waals surface area contributed by atoms with Crippen molar-refractivity contribution in [1.82, 2.24) is 5.32 Å². The van der Waals surface area contributed by atoms with E-state index in [4.69, 9.17) is 49.3 Å². The minimum atomic E-state index is -0.659. The lowest BCUT2D eigenvalue weighted by Crippen LogP contribution is -2.33. The largest absolute Gasteiger partial charge is 0.465 e. The Morgan fingerprint density at radius 3 is 2.26 bits per heavy atom. The van der Waals surface area contributed by atoms with Gasteiger partial charge in [-0.2, -0.15) is 0 Å². The van der Waals surface area contributed by atoms with Gasteiger partial charge in [0.2, 0.25) is 5.91 Å². The number of amides is 1. The van der Waals surface area contributed by atoms with E-state index in [-0.39, 0.29) is 21.9 Å². The summed E-state index contributed by atoms with van der Waals surface area (Å²) in [6.07, 6.45) is 2.67. The number of methoxy groups -OCH3 is 2. The molecule has 3 rings (SSSR count). The Morgan fingerprint density at radius 2 is 1.63 bits per heavy atom. The fourth-order valence-electron chi connectivity index (χ4n) is 2.93. The first-order chi connectivity index (χ1) is 16.7. The Bertz CT molecular complexity index is 1300. The molecule has 35 heavy (non-hydrogen) atoms. The molecule has 0 spiro atoms. The van der Waals surface area contributed by atoms with E-state index in [2.05, 4.69) is 10.6 Å². The van der Waals surface area contributed by atoms with Gasteiger partial charge in [0, 0.05) is 17.3 Å². The van der Waals surface area contributed by atoms with Crippen LogP contribution in [0.25, 0.3) is 17.4 Å². The molecule has 0 unspecified atom stereocenters. The summed E-state index contributed by atoms with van der Waals surface area (Å²) in [5.41, 5.74) is 1.09. The van der Waals surface area contributed by atoms with Gasteiger partial charge in [-0.1, -0.05) is 29.3 Å². The minimum Gasteiger partial charge on any atom is -0.465 e. The summed E-state index contributed by atoms with van der Waals surface area (Å²) >= 11 is 17.4. The molecule has 0 saturated heterocycles. The van der Waals surface area contributed by atoms with Crippen molar-refractivity contribution in [3.8, 4) is 11.3 Å². The van der Waals surface area contributed by atoms with Gasteiger partial charge < -0.3 is 19.2 Å². The van der Waals surface area contributed by atoms with Crippen molar-refractivity contribution >= 4 is 70.1 Å². The van der Waals surface area contributed by atoms with Crippen LogP contribution in [0.2, 0.25) is 10.0 Å². The number of furan rings is 1. The van der Waals surface area contributed by atoms with E-state index in [1.54, 1.807) is 30.3 Å². The van der Waals surface area contributed by atoms with Crippen molar-refractivity contribution in [2.24, 2.45) is 0 Å². The molecule has 0 bridgehead atoms. The molecule has 8 nitrogen and oxygen atoms in total. The molecular formula is C24H18Cl2N2O6S. The molecule has 1 heterocycles. The van der Waals surface area contributed by atoms with Crippen LogP contribution in [-0.2, 0) is 14.3 Å². The molecule has 0 aliphatic carbocycles. The van der Waals surface area contributed by atoms with Crippen LogP contribution in [0.3, 0.4) is 0 Å². The van der Waals surface area contributed by atoms with Gasteiger partial charge in [0.15, 0.2) is 5.11 Å². The van der Waals surface area contributed by atoms with Gasteiger partial charge in [-0.15, -0.1) is 0 Å². The van der Waals surface area contributed by atoms with E-state index in [1.807, 2.05) is 0 Å². The van der Waals surface area contributed by atoms with Crippen LogP contribution >= 0.6 is 35.4 Å². The minimum absolute atomic E-state index is 0.0664. The Kier molecular flexibility index (Phi) is 8.64. The molecule has 0 radical (unpaired) electrons. The summed E-state index contributed by atoms with van der Waals surface area (Å²) in [7, 11) is 2.42. The number of hydrogen-bond acceptors (Lipinski definition) is 7. The molecule has 0 aliphatic rings. The fraction of sp³-hybridized carbons (Fsp3) is 0.0833. The van der Waals surface area contributed by atoms with Crippen molar-refractivity contribution in [3.05, 3.63) is 81.5 Å². The number of nitrogens with one attached hydrogen (secondary N) is 2. The van der Waals surface area contributed by atoms with E-state index in [1.165, 1.54) is 44.6 Å². The lowest BCUT2D eigenvalue weighted by Gasteiger charge is -2.11. The maximum atomic E-state index is 12.3. The van der Waals surface area contributed by atoms with Crippen molar-refractivity contribution in [2.75, 3.05) is 19.5 Å². The molecular weight excluding hydrogens is 515 g/mol. The predicted octanol–water partition coefficient (Wildman–Crippen LogP) is 5.35. The van der Waals surface area contributed by atoms with Crippen LogP contribution in [0.15, 0.2) is 59.0 Å². The molecule has 0 fully saturated rings. The maximum Gasteiger partial charge on any atom is 0.337 e. The molecule has 1 aromatic heterocycles. The first kappa shape index (κ1) is 26.0. The van der Waals surface area contributed by atoms with Crippen LogP contribution in [0, 0.1) is 0 Å². The lowest BCUT2D eigenvalue weighted by atomic mass is 10.1. The van der Waals surface area contributed by atoms with Crippen LogP contribution in [0.4, 0.5) is 5.69 Å². The van der Waals surface area contributed by atoms with Crippen LogP contribution in [0.5, 0.6) is 0 Å². The number of halogens is 2. The topological polar surface area (TPSA) is 107 Å².